The Kier molecular flexibility index (Phi) is 1.32. The van der Waals surface area contributed by atoms with Gasteiger partial charge < -0.3 is 0 Å². The van der Waals surface area contributed by atoms with Gasteiger partial charge in [-0.25, -0.2) is 0 Å². The average molecular weight is 166 g/mol. The Labute approximate surface area is 66.4 Å². The second-order valence-electron chi connectivity index (χ2n) is 1.82. The topological polar surface area (TPSA) is 53.0 Å². The molecule has 0 saturated carbocycles. The third kappa shape index (κ3) is 0.966. The molecular weight excluding hydrogens is 162 g/mol. The van der Waals surface area contributed by atoms with Crippen molar-refractivity contribution in [2.75, 3.05) is 0 Å². The summed E-state index contributed by atoms with van der Waals surface area (Å²) < 4.78 is 1.49. The zero-order valence-electron chi connectivity index (χ0n) is 5.51. The third-order valence-corrected chi connectivity index (χ3v) is 1.88. The van der Waals surface area contributed by atoms with Crippen LogP contribution in [0.1, 0.15) is 0 Å². The van der Waals surface area contributed by atoms with Crippen molar-refractivity contribution < 1.29 is 4.70 Å². The summed E-state index contributed by atoms with van der Waals surface area (Å²) in [5.41, 5.74) is 0. The smallest absolute Gasteiger partial charge is 0.130 e. The van der Waals surface area contributed by atoms with E-state index in [1.54, 1.807) is 6.20 Å². The summed E-state index contributed by atoms with van der Waals surface area (Å²) in [6, 6.07) is 0. The molecule has 0 spiro atoms. The highest BCUT2D eigenvalue weighted by Gasteiger charge is 2.19. The van der Waals surface area contributed by atoms with Gasteiger partial charge in [0.05, 0.1) is 16.5 Å². The molecule has 1 aliphatic rings. The van der Waals surface area contributed by atoms with Gasteiger partial charge in [0.2, 0.25) is 0 Å². The predicted molar refractivity (Wildman–Crippen MR) is 38.5 cm³/mol. The van der Waals surface area contributed by atoms with Crippen LogP contribution < -0.4 is 0 Å². The molecule has 0 atom stereocenters. The van der Waals surface area contributed by atoms with E-state index in [0.717, 1.165) is 5.13 Å². The van der Waals surface area contributed by atoms with E-state index in [2.05, 4.69) is 27.1 Å². The summed E-state index contributed by atoms with van der Waals surface area (Å²) in [7, 11) is 0. The van der Waals surface area contributed by atoms with Crippen molar-refractivity contribution in [1.82, 2.24) is 4.98 Å². The average Bonchev–Trinajstić information content (AvgIpc) is 2.55. The van der Waals surface area contributed by atoms with Crippen LogP contribution in [-0.4, -0.2) is 9.68 Å². The summed E-state index contributed by atoms with van der Waals surface area (Å²) in [6.45, 7) is 3.63. The Bertz CT molecular complexity index is 336. The number of hydrogen-bond donors (Lipinski definition) is 0. The van der Waals surface area contributed by atoms with E-state index in [1.807, 2.05) is 5.38 Å². The minimum atomic E-state index is 0.500. The van der Waals surface area contributed by atoms with Gasteiger partial charge in [-0.3, -0.25) is 0 Å². The van der Waals surface area contributed by atoms with Crippen LogP contribution in [0.5, 0.6) is 0 Å². The first-order valence-corrected chi connectivity index (χ1v) is 3.76. The maximum absolute atomic E-state index is 4.02. The maximum Gasteiger partial charge on any atom is 0.314 e. The first-order valence-electron chi connectivity index (χ1n) is 2.88. The van der Waals surface area contributed by atoms with Gasteiger partial charge in [-0.05, 0) is 6.58 Å². The van der Waals surface area contributed by atoms with E-state index in [-0.39, 0.29) is 0 Å². The van der Waals surface area contributed by atoms with Gasteiger partial charge in [0, 0.05) is 5.38 Å². The van der Waals surface area contributed by atoms with Crippen LogP contribution in [0.3, 0.4) is 0 Å². The second kappa shape index (κ2) is 2.31. The molecule has 0 radical (unpaired) electrons. The minimum Gasteiger partial charge on any atom is -0.130 e. The molecule has 0 amide bonds. The van der Waals surface area contributed by atoms with Crippen LogP contribution in [0.25, 0.3) is 0 Å². The first-order chi connectivity index (χ1) is 5.38. The van der Waals surface area contributed by atoms with Gasteiger partial charge in [0.1, 0.15) is 0 Å². The third-order valence-electron chi connectivity index (χ3n) is 1.13. The van der Waals surface area contributed by atoms with E-state index < -0.39 is 0 Å². The van der Waals surface area contributed by atoms with Crippen molar-refractivity contribution in [2.45, 2.75) is 0 Å². The number of thiazole rings is 1. The molecule has 2 rings (SSSR count). The molecule has 1 aliphatic heterocycles. The highest BCUT2D eigenvalue weighted by molar-refractivity contribution is 7.12. The molecule has 54 valence electrons. The SMILES string of the molecule is C=C1N=NN=[N+]1c1nccs1. The number of nitrogens with zero attached hydrogens (tertiary/aromatic N) is 5. The molecule has 11 heavy (non-hydrogen) atoms. The Balaban J connectivity index is 2.40. The highest BCUT2D eigenvalue weighted by Crippen LogP contribution is 2.22. The lowest BCUT2D eigenvalue weighted by molar-refractivity contribution is -0.452. The molecule has 1 aromatic heterocycles. The fraction of sp³-hybridized carbons (Fsp3) is 0. The van der Waals surface area contributed by atoms with Crippen molar-refractivity contribution in [1.29, 1.82) is 0 Å². The Morgan fingerprint density at radius 3 is 3.00 bits per heavy atom. The Morgan fingerprint density at radius 1 is 1.55 bits per heavy atom. The van der Waals surface area contributed by atoms with E-state index in [4.69, 9.17) is 0 Å². The van der Waals surface area contributed by atoms with Gasteiger partial charge in [0.25, 0.3) is 5.82 Å². The zero-order valence-corrected chi connectivity index (χ0v) is 6.32. The summed E-state index contributed by atoms with van der Waals surface area (Å²) in [6.07, 6.45) is 1.70. The van der Waals surface area contributed by atoms with Crippen LogP contribution in [-0.2, 0) is 0 Å². The van der Waals surface area contributed by atoms with E-state index in [9.17, 15) is 0 Å². The molecule has 5 nitrogen and oxygen atoms in total. The van der Waals surface area contributed by atoms with Crippen LogP contribution in [0.4, 0.5) is 5.13 Å². The molecule has 0 aromatic carbocycles. The Hall–Kier alpha value is -1.43. The summed E-state index contributed by atoms with van der Waals surface area (Å²) in [5, 5.41) is 13.4. The first kappa shape index (κ1) is 6.29. The van der Waals surface area contributed by atoms with Crippen LogP contribution in [0.15, 0.2) is 39.5 Å². The van der Waals surface area contributed by atoms with Crippen LogP contribution in [0, 0.1) is 0 Å². The van der Waals surface area contributed by atoms with Gasteiger partial charge in [0.15, 0.2) is 5.22 Å². The monoisotopic (exact) mass is 166 g/mol. The number of aromatic nitrogens is 1. The summed E-state index contributed by atoms with van der Waals surface area (Å²) >= 11 is 1.46. The van der Waals surface area contributed by atoms with Crippen molar-refractivity contribution in [2.24, 2.45) is 15.6 Å². The standard InChI is InChI=1S/C5H4N5S/c1-4-7-8-9-10(4)5-6-2-3-11-5/h2-3H,1H2/q+1. The van der Waals surface area contributed by atoms with E-state index >= 15 is 0 Å². The summed E-state index contributed by atoms with van der Waals surface area (Å²) in [5.74, 6) is 0.500. The normalized spacial score (nSPS) is 15.6. The fourth-order valence-electron chi connectivity index (χ4n) is 0.675. The number of hydrogen-bond acceptors (Lipinski definition) is 5. The maximum atomic E-state index is 4.02. The molecule has 0 bridgehead atoms. The van der Waals surface area contributed by atoms with Crippen molar-refractivity contribution >= 4 is 16.5 Å². The fourth-order valence-corrected chi connectivity index (χ4v) is 1.28. The van der Waals surface area contributed by atoms with Gasteiger partial charge in [-0.15, -0.1) is 4.98 Å². The van der Waals surface area contributed by atoms with Crippen LogP contribution in [0.2, 0.25) is 0 Å². The van der Waals surface area contributed by atoms with Gasteiger partial charge >= 0.3 is 5.13 Å². The molecule has 6 heteroatoms. The highest BCUT2D eigenvalue weighted by atomic mass is 32.1. The molecule has 2 heterocycles. The summed E-state index contributed by atoms with van der Waals surface area (Å²) in [4.78, 5) is 4.02. The van der Waals surface area contributed by atoms with Gasteiger partial charge in [-0.2, -0.15) is 0 Å². The second-order valence-corrected chi connectivity index (χ2v) is 2.69. The lowest BCUT2D eigenvalue weighted by Crippen LogP contribution is -1.93. The van der Waals surface area contributed by atoms with E-state index in [0.29, 0.717) is 5.82 Å². The minimum absolute atomic E-state index is 0.500. The quantitative estimate of drug-likeness (QED) is 0.589. The Morgan fingerprint density at radius 2 is 2.45 bits per heavy atom. The molecule has 1 aromatic rings. The van der Waals surface area contributed by atoms with Crippen molar-refractivity contribution in [3.63, 3.8) is 0 Å². The van der Waals surface area contributed by atoms with Crippen molar-refractivity contribution in [3.05, 3.63) is 24.0 Å². The largest absolute Gasteiger partial charge is 0.314 e. The molecule has 0 fully saturated rings. The van der Waals surface area contributed by atoms with E-state index in [1.165, 1.54) is 16.0 Å². The van der Waals surface area contributed by atoms with Crippen LogP contribution >= 0.6 is 11.3 Å². The predicted octanol–water partition coefficient (Wildman–Crippen LogP) is 2.09. The molecular formula is C5H4N5S+. The lowest BCUT2D eigenvalue weighted by atomic mass is 10.8. The molecule has 0 unspecified atom stereocenters. The number of rotatable bonds is 1. The molecule has 0 aliphatic carbocycles. The lowest BCUT2D eigenvalue weighted by Gasteiger charge is -1.86. The van der Waals surface area contributed by atoms with Crippen molar-refractivity contribution in [3.8, 4) is 0 Å². The molecule has 0 N–H and O–H groups in total. The molecule has 0 saturated heterocycles. The van der Waals surface area contributed by atoms with Gasteiger partial charge in [-0.1, -0.05) is 16.0 Å². The zero-order chi connectivity index (χ0) is 7.68.